The molecule has 1 spiro atoms. The molecule has 4 fully saturated rings. The molecule has 4 aromatic heterocycles. The van der Waals surface area contributed by atoms with Crippen molar-refractivity contribution < 1.29 is 4.74 Å². The Labute approximate surface area is 484 Å². The van der Waals surface area contributed by atoms with Crippen molar-refractivity contribution in [3.8, 4) is 46.9 Å². The second kappa shape index (κ2) is 14.7. The van der Waals surface area contributed by atoms with E-state index < -0.39 is 5.41 Å². The first-order chi connectivity index (χ1) is 41.5. The summed E-state index contributed by atoms with van der Waals surface area (Å²) >= 11 is 0. The number of para-hydroxylation sites is 2. The summed E-state index contributed by atoms with van der Waals surface area (Å²) in [7, 11) is 0. The van der Waals surface area contributed by atoms with E-state index in [0.717, 1.165) is 170 Å². The molecular formula is C77H54N6O. The van der Waals surface area contributed by atoms with Gasteiger partial charge < -0.3 is 13.5 Å². The maximum absolute atomic E-state index is 11.5. The van der Waals surface area contributed by atoms with Gasteiger partial charge in [0.05, 0.1) is 85.0 Å². The van der Waals surface area contributed by atoms with E-state index >= 15 is 0 Å². The van der Waals surface area contributed by atoms with Gasteiger partial charge in [-0.2, -0.15) is 21.0 Å². The van der Waals surface area contributed by atoms with Crippen molar-refractivity contribution in [2.24, 2.45) is 0 Å². The van der Waals surface area contributed by atoms with Crippen LogP contribution in [-0.2, 0) is 5.41 Å². The molecule has 0 atom stereocenters. The number of nitrogens with zero attached hydrogens (tertiary/aromatic N) is 6. The third-order valence-electron chi connectivity index (χ3n) is 25.1. The van der Waals surface area contributed by atoms with Gasteiger partial charge in [-0.1, -0.05) is 36.4 Å². The van der Waals surface area contributed by atoms with Crippen molar-refractivity contribution in [3.63, 3.8) is 0 Å². The molecule has 7 nitrogen and oxygen atoms in total. The average Bonchev–Trinajstić information content (AvgIpc) is 1.48. The maximum atomic E-state index is 11.5. The lowest BCUT2D eigenvalue weighted by molar-refractivity contribution is 0.360. The number of hydrogen-bond donors (Lipinski definition) is 0. The predicted molar refractivity (Wildman–Crippen MR) is 328 cm³/mol. The molecule has 8 bridgehead atoms. The van der Waals surface area contributed by atoms with Gasteiger partial charge in [0.1, 0.15) is 11.5 Å². The number of rotatable bonds is 0. The topological polar surface area (TPSA) is 113 Å². The van der Waals surface area contributed by atoms with Crippen LogP contribution in [0, 0.1) is 45.3 Å². The lowest BCUT2D eigenvalue weighted by Gasteiger charge is -2.41. The molecule has 0 saturated heterocycles. The van der Waals surface area contributed by atoms with Gasteiger partial charge in [0.25, 0.3) is 0 Å². The molecule has 0 radical (unpaired) electrons. The van der Waals surface area contributed by atoms with E-state index in [4.69, 9.17) is 4.74 Å². The Balaban J connectivity index is 1.05. The zero-order valence-electron chi connectivity index (χ0n) is 46.6. The molecule has 8 aromatic carbocycles. The molecule has 26 rings (SSSR count). The summed E-state index contributed by atoms with van der Waals surface area (Å²) in [5, 5.41) is 56.0. The molecule has 0 unspecified atom stereocenters. The Hall–Kier alpha value is -8.88. The number of benzene rings is 8. The van der Waals surface area contributed by atoms with Crippen molar-refractivity contribution in [1.29, 1.82) is 21.0 Å². The van der Waals surface area contributed by atoms with E-state index in [9.17, 15) is 21.0 Å². The molecule has 84 heavy (non-hydrogen) atoms. The van der Waals surface area contributed by atoms with Crippen LogP contribution in [0.4, 0.5) is 0 Å². The van der Waals surface area contributed by atoms with Gasteiger partial charge in [0, 0.05) is 54.2 Å². The summed E-state index contributed by atoms with van der Waals surface area (Å²) < 4.78 is 12.4. The Morgan fingerprint density at radius 2 is 0.690 bits per heavy atom. The molecule has 13 aliphatic carbocycles. The number of nitriles is 4. The van der Waals surface area contributed by atoms with Crippen molar-refractivity contribution in [2.75, 3.05) is 0 Å². The van der Waals surface area contributed by atoms with E-state index in [1.807, 2.05) is 0 Å². The first kappa shape index (κ1) is 44.7. The second-order valence-corrected chi connectivity index (χ2v) is 27.9. The molecule has 5 heterocycles. The van der Waals surface area contributed by atoms with E-state index in [1.165, 1.54) is 121 Å². The van der Waals surface area contributed by atoms with Gasteiger partial charge >= 0.3 is 0 Å². The summed E-state index contributed by atoms with van der Waals surface area (Å²) in [5.74, 6) is 4.56. The highest BCUT2D eigenvalue weighted by Crippen LogP contribution is 2.70. The molecule has 7 heteroatoms. The van der Waals surface area contributed by atoms with Gasteiger partial charge in [-0.3, -0.25) is 0 Å². The summed E-state index contributed by atoms with van der Waals surface area (Å²) in [6.45, 7) is 0. The van der Waals surface area contributed by atoms with Crippen LogP contribution in [0.25, 0.3) is 87.3 Å². The summed E-state index contributed by atoms with van der Waals surface area (Å²) in [4.78, 5) is 0. The first-order valence-electron chi connectivity index (χ1n) is 31.9. The fourth-order valence-electron chi connectivity index (χ4n) is 22.4. The Bertz CT molecular complexity index is 5370. The molecular weight excluding hydrogens is 1020 g/mol. The number of fused-ring (bicyclic) bond motifs is 31. The largest absolute Gasteiger partial charge is 0.457 e. The van der Waals surface area contributed by atoms with Crippen molar-refractivity contribution in [2.45, 2.75) is 155 Å². The number of aromatic nitrogens is 2. The Morgan fingerprint density at radius 3 is 1.10 bits per heavy atom. The van der Waals surface area contributed by atoms with E-state index in [2.05, 4.69) is 118 Å². The van der Waals surface area contributed by atoms with Gasteiger partial charge in [-0.05, 0) is 265 Å². The van der Waals surface area contributed by atoms with Crippen molar-refractivity contribution in [3.05, 3.63) is 174 Å². The van der Waals surface area contributed by atoms with Gasteiger partial charge in [-0.15, -0.1) is 0 Å². The van der Waals surface area contributed by atoms with E-state index in [-0.39, 0.29) is 0 Å². The first-order valence-corrected chi connectivity index (χ1v) is 31.9. The van der Waals surface area contributed by atoms with E-state index in [1.54, 1.807) is 0 Å². The SMILES string of the molecule is N#Cc1cc2c(c3c1C1CCC3CC1)c1cc3c(c4c5c6c(c(C#N)cc5n2c14)C1CCC6CC1)-c1cc2c4c5c(c(C#N)cc4n4c6cc(C#N)c7c(c6c(c1C31c3ccccc3Oc3ccccc31)c24)C1CCC7CC1)C1CCC5CC1. The van der Waals surface area contributed by atoms with Crippen LogP contribution in [0.5, 0.6) is 11.5 Å². The molecule has 1 aliphatic heterocycles. The average molecular weight is 1080 g/mol. The molecule has 4 saturated carbocycles. The van der Waals surface area contributed by atoms with Crippen LogP contribution in [-0.4, -0.2) is 8.80 Å². The Kier molecular flexibility index (Phi) is 7.82. The fourth-order valence-corrected chi connectivity index (χ4v) is 22.4. The van der Waals surface area contributed by atoms with E-state index in [0.29, 0.717) is 47.3 Å². The lowest BCUT2D eigenvalue weighted by atomic mass is 9.62. The quantitative estimate of drug-likeness (QED) is 0.150. The van der Waals surface area contributed by atoms with Crippen LogP contribution in [0.2, 0.25) is 0 Å². The van der Waals surface area contributed by atoms with Crippen LogP contribution in [0.15, 0.2) is 84.9 Å². The summed E-state index contributed by atoms with van der Waals surface area (Å²) in [6.07, 6.45) is 18.0. The standard InChI is InChI=1S/C77H54N6O/c78-31-43-25-53-68(63-39-17-9-35(10-18-39)59(43)63)48-29-47-67-52(30-49-69-54(26-44(32-79)60-36-11-19-40(20-12-36)64(60)69)82-55-27-45(33-80)61-37-13-21-41(22-14-37)65(61)70(55)72(67)75(49)82)77(50-5-1-3-7-57(50)84-58-8-4-2-6-51(58)77)74(47)73-71-56(83(53)76(48)73)28-46(34-81)62-38-15-23-42(24-16-38)66(62)71/h1-8,25-30,35-42H,9-24H2. The molecule has 12 aromatic rings. The lowest BCUT2D eigenvalue weighted by Crippen LogP contribution is -2.32. The summed E-state index contributed by atoms with van der Waals surface area (Å²) in [6, 6.07) is 43.6. The molecule has 0 amide bonds. The van der Waals surface area contributed by atoms with Crippen molar-refractivity contribution >= 4 is 76.2 Å². The summed E-state index contributed by atoms with van der Waals surface area (Å²) in [5.41, 5.74) is 27.5. The molecule has 398 valence electrons. The zero-order chi connectivity index (χ0) is 54.7. The molecule has 0 N–H and O–H groups in total. The monoisotopic (exact) mass is 1080 g/mol. The fraction of sp³-hybridized carbons (Fsp3) is 0.325. The minimum absolute atomic E-state index is 0.329. The minimum atomic E-state index is -0.882. The number of ether oxygens (including phenoxy) is 1. The van der Waals surface area contributed by atoms with Crippen LogP contribution in [0.1, 0.15) is 239 Å². The van der Waals surface area contributed by atoms with Crippen LogP contribution >= 0.6 is 0 Å². The predicted octanol–water partition coefficient (Wildman–Crippen LogP) is 19.0. The number of hydrogen-bond acceptors (Lipinski definition) is 5. The smallest absolute Gasteiger partial charge is 0.132 e. The van der Waals surface area contributed by atoms with Crippen molar-refractivity contribution in [1.82, 2.24) is 8.80 Å². The third kappa shape index (κ3) is 4.68. The second-order valence-electron chi connectivity index (χ2n) is 27.9. The van der Waals surface area contributed by atoms with Gasteiger partial charge in [0.2, 0.25) is 0 Å². The van der Waals surface area contributed by atoms with Crippen LogP contribution < -0.4 is 4.74 Å². The zero-order valence-corrected chi connectivity index (χ0v) is 46.6. The molecule has 14 aliphatic rings. The Morgan fingerprint density at radius 1 is 0.357 bits per heavy atom. The normalized spacial score (nSPS) is 25.5. The highest BCUT2D eigenvalue weighted by Gasteiger charge is 2.56. The third-order valence-corrected chi connectivity index (χ3v) is 25.1. The highest BCUT2D eigenvalue weighted by atomic mass is 16.5. The maximum Gasteiger partial charge on any atom is 0.132 e. The van der Waals surface area contributed by atoms with Gasteiger partial charge in [-0.25, -0.2) is 0 Å². The van der Waals surface area contributed by atoms with Gasteiger partial charge in [0.15, 0.2) is 0 Å². The highest BCUT2D eigenvalue weighted by molar-refractivity contribution is 6.34. The minimum Gasteiger partial charge on any atom is -0.457 e. The van der Waals surface area contributed by atoms with Crippen LogP contribution in [0.3, 0.4) is 0 Å².